The minimum Gasteiger partial charge on any atom is -0.353 e. The molecule has 2 aromatic carbocycles. The zero-order valence-corrected chi connectivity index (χ0v) is 19.1. The molecule has 1 fully saturated rings. The first-order valence-corrected chi connectivity index (χ1v) is 11.8. The van der Waals surface area contributed by atoms with Crippen LogP contribution in [0.4, 0.5) is 0 Å². The van der Waals surface area contributed by atoms with E-state index in [1.165, 1.54) is 17.3 Å². The van der Waals surface area contributed by atoms with Gasteiger partial charge in [0.2, 0.25) is 5.91 Å². The highest BCUT2D eigenvalue weighted by molar-refractivity contribution is 7.99. The molecule has 162 valence electrons. The van der Waals surface area contributed by atoms with E-state index in [-0.39, 0.29) is 11.9 Å². The lowest BCUT2D eigenvalue weighted by Gasteiger charge is -2.32. The van der Waals surface area contributed by atoms with Crippen LogP contribution < -0.4 is 5.32 Å². The second-order valence-corrected chi connectivity index (χ2v) is 9.16. The van der Waals surface area contributed by atoms with E-state index in [0.29, 0.717) is 15.9 Å². The molecule has 1 aliphatic heterocycles. The summed E-state index contributed by atoms with van der Waals surface area (Å²) in [5.74, 6) is 0.339. The summed E-state index contributed by atoms with van der Waals surface area (Å²) in [5, 5.41) is 12.7. The van der Waals surface area contributed by atoms with Gasteiger partial charge in [0, 0.05) is 30.7 Å². The molecular weight excluding hydrogens is 430 g/mol. The Balaban J connectivity index is 1.24. The Morgan fingerprint density at radius 1 is 1.19 bits per heavy atom. The highest BCUT2D eigenvalue weighted by atomic mass is 35.5. The SMILES string of the molecule is Cc1ccc(-n2cnnc2SCC(=O)NC2CCN(Cc3ccccc3)CC2)cc1Cl. The van der Waals surface area contributed by atoms with Gasteiger partial charge in [-0.05, 0) is 43.0 Å². The minimum atomic E-state index is 0.0306. The van der Waals surface area contributed by atoms with E-state index in [4.69, 9.17) is 11.6 Å². The Hall–Kier alpha value is -2.35. The van der Waals surface area contributed by atoms with E-state index in [1.807, 2.05) is 35.8 Å². The summed E-state index contributed by atoms with van der Waals surface area (Å²) in [6.45, 7) is 4.92. The molecule has 1 amide bonds. The predicted octanol–water partition coefficient (Wildman–Crippen LogP) is 4.10. The van der Waals surface area contributed by atoms with Gasteiger partial charge in [0.25, 0.3) is 0 Å². The molecule has 0 bridgehead atoms. The summed E-state index contributed by atoms with van der Waals surface area (Å²) in [4.78, 5) is 14.9. The monoisotopic (exact) mass is 455 g/mol. The summed E-state index contributed by atoms with van der Waals surface area (Å²) in [6, 6.07) is 16.6. The normalized spacial score (nSPS) is 15.2. The Bertz CT molecular complexity index is 1020. The number of aromatic nitrogens is 3. The van der Waals surface area contributed by atoms with Crippen LogP contribution in [0.25, 0.3) is 5.69 Å². The van der Waals surface area contributed by atoms with Gasteiger partial charge < -0.3 is 5.32 Å². The van der Waals surface area contributed by atoms with E-state index in [1.54, 1.807) is 6.33 Å². The number of carbonyl (C=O) groups is 1. The number of rotatable bonds is 7. The van der Waals surface area contributed by atoms with Crippen molar-refractivity contribution in [3.05, 3.63) is 71.0 Å². The van der Waals surface area contributed by atoms with Gasteiger partial charge >= 0.3 is 0 Å². The number of hydrogen-bond acceptors (Lipinski definition) is 5. The fourth-order valence-electron chi connectivity index (χ4n) is 3.71. The summed E-state index contributed by atoms with van der Waals surface area (Å²) in [6.07, 6.45) is 3.59. The van der Waals surface area contributed by atoms with Gasteiger partial charge in [-0.15, -0.1) is 10.2 Å². The second-order valence-electron chi connectivity index (χ2n) is 7.81. The molecule has 8 heteroatoms. The van der Waals surface area contributed by atoms with Crippen LogP contribution in [0.15, 0.2) is 60.0 Å². The lowest BCUT2D eigenvalue weighted by atomic mass is 10.0. The third kappa shape index (κ3) is 5.87. The van der Waals surface area contributed by atoms with Crippen molar-refractivity contribution in [3.8, 4) is 5.69 Å². The maximum Gasteiger partial charge on any atom is 0.230 e. The number of amides is 1. The van der Waals surface area contributed by atoms with Crippen molar-refractivity contribution in [1.82, 2.24) is 25.0 Å². The van der Waals surface area contributed by atoms with Gasteiger partial charge in [0.15, 0.2) is 5.16 Å². The number of aryl methyl sites for hydroxylation is 1. The van der Waals surface area contributed by atoms with Crippen LogP contribution in [-0.2, 0) is 11.3 Å². The highest BCUT2D eigenvalue weighted by Crippen LogP contribution is 2.24. The molecule has 0 unspecified atom stereocenters. The number of benzene rings is 2. The Labute approximate surface area is 192 Å². The number of piperidine rings is 1. The second kappa shape index (κ2) is 10.3. The van der Waals surface area contributed by atoms with Crippen molar-refractivity contribution in [2.75, 3.05) is 18.8 Å². The van der Waals surface area contributed by atoms with Gasteiger partial charge in [-0.3, -0.25) is 14.3 Å². The minimum absolute atomic E-state index is 0.0306. The van der Waals surface area contributed by atoms with Crippen molar-refractivity contribution in [2.24, 2.45) is 0 Å². The van der Waals surface area contributed by atoms with Crippen molar-refractivity contribution in [1.29, 1.82) is 0 Å². The predicted molar refractivity (Wildman–Crippen MR) is 125 cm³/mol. The summed E-state index contributed by atoms with van der Waals surface area (Å²) < 4.78 is 1.85. The largest absolute Gasteiger partial charge is 0.353 e. The number of nitrogens with zero attached hydrogens (tertiary/aromatic N) is 4. The third-order valence-corrected chi connectivity index (χ3v) is 6.83. The fraction of sp³-hybridized carbons (Fsp3) is 0.348. The van der Waals surface area contributed by atoms with E-state index in [2.05, 4.69) is 44.7 Å². The maximum atomic E-state index is 12.5. The van der Waals surface area contributed by atoms with Crippen LogP contribution >= 0.6 is 23.4 Å². The first-order chi connectivity index (χ1) is 15.1. The molecular formula is C23H26ClN5OS. The number of thioether (sulfide) groups is 1. The van der Waals surface area contributed by atoms with Crippen LogP contribution in [0, 0.1) is 6.92 Å². The van der Waals surface area contributed by atoms with Crippen LogP contribution in [0.1, 0.15) is 24.0 Å². The van der Waals surface area contributed by atoms with Crippen LogP contribution in [0.2, 0.25) is 5.02 Å². The summed E-state index contributed by atoms with van der Waals surface area (Å²) >= 11 is 7.63. The lowest BCUT2D eigenvalue weighted by molar-refractivity contribution is -0.119. The van der Waals surface area contributed by atoms with Gasteiger partial charge in [-0.1, -0.05) is 59.8 Å². The molecule has 3 aromatic rings. The average Bonchev–Trinajstić information content (AvgIpc) is 3.25. The Morgan fingerprint density at radius 2 is 1.97 bits per heavy atom. The van der Waals surface area contributed by atoms with Gasteiger partial charge in [-0.2, -0.15) is 0 Å². The standard InChI is InChI=1S/C23H26ClN5OS/c1-17-7-8-20(13-21(17)24)29-16-25-27-23(29)31-15-22(30)26-19-9-11-28(12-10-19)14-18-5-3-2-4-6-18/h2-8,13,16,19H,9-12,14-15H2,1H3,(H,26,30). The zero-order valence-electron chi connectivity index (χ0n) is 17.5. The first-order valence-electron chi connectivity index (χ1n) is 10.4. The lowest BCUT2D eigenvalue weighted by Crippen LogP contribution is -2.44. The fourth-order valence-corrected chi connectivity index (χ4v) is 4.62. The molecule has 0 aliphatic carbocycles. The molecule has 1 aliphatic rings. The molecule has 0 radical (unpaired) electrons. The first kappa shape index (κ1) is 21.9. The van der Waals surface area contributed by atoms with Crippen molar-refractivity contribution >= 4 is 29.3 Å². The molecule has 0 atom stereocenters. The molecule has 31 heavy (non-hydrogen) atoms. The molecule has 4 rings (SSSR count). The maximum absolute atomic E-state index is 12.5. The third-order valence-electron chi connectivity index (χ3n) is 5.48. The Morgan fingerprint density at radius 3 is 2.71 bits per heavy atom. The Kier molecular flexibility index (Phi) is 7.27. The number of carbonyl (C=O) groups excluding carboxylic acids is 1. The highest BCUT2D eigenvalue weighted by Gasteiger charge is 2.21. The zero-order chi connectivity index (χ0) is 21.6. The van der Waals surface area contributed by atoms with E-state index < -0.39 is 0 Å². The molecule has 0 spiro atoms. The van der Waals surface area contributed by atoms with Gasteiger partial charge in [-0.25, -0.2) is 0 Å². The summed E-state index contributed by atoms with van der Waals surface area (Å²) in [5.41, 5.74) is 3.23. The topological polar surface area (TPSA) is 63.1 Å². The van der Waals surface area contributed by atoms with Crippen LogP contribution in [-0.4, -0.2) is 50.5 Å². The molecule has 1 saturated heterocycles. The van der Waals surface area contributed by atoms with E-state index in [9.17, 15) is 4.79 Å². The van der Waals surface area contributed by atoms with E-state index >= 15 is 0 Å². The quantitative estimate of drug-likeness (QED) is 0.543. The molecule has 1 aromatic heterocycles. The van der Waals surface area contributed by atoms with Crippen LogP contribution in [0.3, 0.4) is 0 Å². The van der Waals surface area contributed by atoms with Crippen molar-refractivity contribution < 1.29 is 4.79 Å². The molecule has 2 heterocycles. The molecule has 1 N–H and O–H groups in total. The molecule has 6 nitrogen and oxygen atoms in total. The number of hydrogen-bond donors (Lipinski definition) is 1. The number of halogens is 1. The van der Waals surface area contributed by atoms with E-state index in [0.717, 1.165) is 43.7 Å². The molecule has 0 saturated carbocycles. The smallest absolute Gasteiger partial charge is 0.230 e. The van der Waals surface area contributed by atoms with Crippen LogP contribution in [0.5, 0.6) is 0 Å². The van der Waals surface area contributed by atoms with Gasteiger partial charge in [0.1, 0.15) is 6.33 Å². The summed E-state index contributed by atoms with van der Waals surface area (Å²) in [7, 11) is 0. The van der Waals surface area contributed by atoms with Crippen molar-refractivity contribution in [2.45, 2.75) is 37.5 Å². The van der Waals surface area contributed by atoms with Gasteiger partial charge in [0.05, 0.1) is 11.4 Å². The van der Waals surface area contributed by atoms with Crippen molar-refractivity contribution in [3.63, 3.8) is 0 Å². The number of nitrogens with one attached hydrogen (secondary N) is 1. The average molecular weight is 456 g/mol. The number of likely N-dealkylation sites (tertiary alicyclic amines) is 1.